The fourth-order valence-electron chi connectivity index (χ4n) is 1.64. The number of hydrogen-bond donors (Lipinski definition) is 3. The van der Waals surface area contributed by atoms with Crippen molar-refractivity contribution in [1.82, 2.24) is 10.6 Å². The van der Waals surface area contributed by atoms with Gasteiger partial charge in [0.1, 0.15) is 0 Å². The van der Waals surface area contributed by atoms with Crippen molar-refractivity contribution in [3.05, 3.63) is 35.9 Å². The van der Waals surface area contributed by atoms with E-state index in [1.54, 1.807) is 0 Å². The predicted octanol–water partition coefficient (Wildman–Crippen LogP) is 1.91. The second-order valence-corrected chi connectivity index (χ2v) is 5.94. The number of carbonyl (C=O) groups is 1. The zero-order valence-electron chi connectivity index (χ0n) is 13.6. The summed E-state index contributed by atoms with van der Waals surface area (Å²) in [7, 11) is 0. The average Bonchev–Trinajstić information content (AvgIpc) is 2.43. The topological polar surface area (TPSA) is 79.5 Å². The molecular formula is C16H27IN4O. The van der Waals surface area contributed by atoms with Crippen molar-refractivity contribution < 1.29 is 4.79 Å². The van der Waals surface area contributed by atoms with Crippen LogP contribution in [-0.4, -0.2) is 31.5 Å². The second-order valence-electron chi connectivity index (χ2n) is 5.94. The highest BCUT2D eigenvalue weighted by Crippen LogP contribution is 2.11. The molecule has 0 heterocycles. The zero-order valence-corrected chi connectivity index (χ0v) is 15.9. The number of nitrogens with zero attached hydrogens (tertiary/aromatic N) is 1. The van der Waals surface area contributed by atoms with Gasteiger partial charge in [0.2, 0.25) is 5.91 Å². The van der Waals surface area contributed by atoms with Crippen LogP contribution in [0.4, 0.5) is 0 Å². The van der Waals surface area contributed by atoms with Crippen LogP contribution in [0.2, 0.25) is 0 Å². The third-order valence-corrected chi connectivity index (χ3v) is 2.92. The van der Waals surface area contributed by atoms with E-state index in [0.29, 0.717) is 25.6 Å². The molecule has 1 amide bonds. The Bertz CT molecular complexity index is 469. The van der Waals surface area contributed by atoms with Crippen molar-refractivity contribution in [2.24, 2.45) is 16.1 Å². The van der Waals surface area contributed by atoms with Crippen molar-refractivity contribution in [2.45, 2.75) is 27.2 Å². The lowest BCUT2D eigenvalue weighted by Crippen LogP contribution is -2.41. The van der Waals surface area contributed by atoms with Crippen LogP contribution in [0, 0.1) is 5.41 Å². The maximum Gasteiger partial charge on any atom is 0.225 e. The lowest BCUT2D eigenvalue weighted by atomic mass is 9.96. The van der Waals surface area contributed by atoms with Crippen molar-refractivity contribution in [1.29, 1.82) is 0 Å². The van der Waals surface area contributed by atoms with Gasteiger partial charge in [-0.05, 0) is 12.0 Å². The first-order chi connectivity index (χ1) is 9.89. The van der Waals surface area contributed by atoms with E-state index in [2.05, 4.69) is 27.8 Å². The summed E-state index contributed by atoms with van der Waals surface area (Å²) < 4.78 is 0. The first kappa shape index (κ1) is 20.7. The van der Waals surface area contributed by atoms with E-state index in [9.17, 15) is 4.79 Å². The Labute approximate surface area is 150 Å². The third kappa shape index (κ3) is 8.86. The molecular weight excluding hydrogens is 391 g/mol. The molecule has 0 aromatic heterocycles. The number of carbonyl (C=O) groups excluding carboxylic acids is 1. The lowest BCUT2D eigenvalue weighted by Gasteiger charge is -2.17. The standard InChI is InChI=1S/C16H26N4O.HI/c1-16(2,3)14(21)18-11-12-20-15(17)19-10-9-13-7-5-4-6-8-13;/h4-8H,9-12H2,1-3H3,(H,18,21)(H3,17,19,20);1H. The highest BCUT2D eigenvalue weighted by molar-refractivity contribution is 14.0. The minimum absolute atomic E-state index is 0. The highest BCUT2D eigenvalue weighted by atomic mass is 127. The largest absolute Gasteiger partial charge is 0.370 e. The molecule has 1 rings (SSSR count). The Hall–Kier alpha value is -1.31. The maximum atomic E-state index is 11.6. The molecule has 0 fully saturated rings. The summed E-state index contributed by atoms with van der Waals surface area (Å²) in [6.07, 6.45) is 0.865. The van der Waals surface area contributed by atoms with E-state index < -0.39 is 0 Å². The lowest BCUT2D eigenvalue weighted by molar-refractivity contribution is -0.128. The Morgan fingerprint density at radius 2 is 1.73 bits per heavy atom. The van der Waals surface area contributed by atoms with Crippen LogP contribution < -0.4 is 16.4 Å². The molecule has 0 aliphatic carbocycles. The highest BCUT2D eigenvalue weighted by Gasteiger charge is 2.20. The molecule has 1 aromatic carbocycles. The summed E-state index contributed by atoms with van der Waals surface area (Å²) >= 11 is 0. The molecule has 0 atom stereocenters. The minimum atomic E-state index is -0.366. The molecule has 4 N–H and O–H groups in total. The van der Waals surface area contributed by atoms with Crippen LogP contribution in [0.1, 0.15) is 26.3 Å². The summed E-state index contributed by atoms with van der Waals surface area (Å²) in [5.74, 6) is 0.444. The van der Waals surface area contributed by atoms with E-state index in [1.165, 1.54) is 5.56 Å². The van der Waals surface area contributed by atoms with Crippen LogP contribution in [0.3, 0.4) is 0 Å². The number of guanidine groups is 1. The molecule has 5 nitrogen and oxygen atoms in total. The monoisotopic (exact) mass is 418 g/mol. The first-order valence-electron chi connectivity index (χ1n) is 7.25. The first-order valence-corrected chi connectivity index (χ1v) is 7.25. The van der Waals surface area contributed by atoms with Gasteiger partial charge in [0.05, 0.1) is 0 Å². The number of halogens is 1. The number of amides is 1. The van der Waals surface area contributed by atoms with Crippen molar-refractivity contribution in [2.75, 3.05) is 19.6 Å². The summed E-state index contributed by atoms with van der Waals surface area (Å²) in [4.78, 5) is 15.9. The van der Waals surface area contributed by atoms with E-state index in [-0.39, 0.29) is 35.3 Å². The second kappa shape index (κ2) is 10.4. The molecule has 0 bridgehead atoms. The molecule has 0 spiro atoms. The Morgan fingerprint density at radius 1 is 1.14 bits per heavy atom. The number of rotatable bonds is 6. The molecule has 124 valence electrons. The Morgan fingerprint density at radius 3 is 2.32 bits per heavy atom. The number of aliphatic imine (C=N–C) groups is 1. The van der Waals surface area contributed by atoms with E-state index in [4.69, 9.17) is 5.73 Å². The summed E-state index contributed by atoms with van der Waals surface area (Å²) in [6.45, 7) is 7.41. The minimum Gasteiger partial charge on any atom is -0.370 e. The summed E-state index contributed by atoms with van der Waals surface area (Å²) in [5.41, 5.74) is 6.64. The van der Waals surface area contributed by atoms with Gasteiger partial charge in [0.25, 0.3) is 0 Å². The molecule has 0 aliphatic rings. The van der Waals surface area contributed by atoms with Crippen LogP contribution in [0.25, 0.3) is 0 Å². The fraction of sp³-hybridized carbons (Fsp3) is 0.500. The smallest absolute Gasteiger partial charge is 0.225 e. The Balaban J connectivity index is 0.00000441. The molecule has 0 unspecified atom stereocenters. The molecule has 0 aliphatic heterocycles. The van der Waals surface area contributed by atoms with Gasteiger partial charge in [0, 0.05) is 25.0 Å². The average molecular weight is 418 g/mol. The van der Waals surface area contributed by atoms with Gasteiger partial charge in [-0.1, -0.05) is 51.1 Å². The molecule has 0 radical (unpaired) electrons. The van der Waals surface area contributed by atoms with Gasteiger partial charge in [-0.2, -0.15) is 0 Å². The maximum absolute atomic E-state index is 11.6. The van der Waals surface area contributed by atoms with Gasteiger partial charge in [-0.3, -0.25) is 9.79 Å². The quantitative estimate of drug-likeness (QED) is 0.286. The van der Waals surface area contributed by atoms with E-state index in [0.717, 1.165) is 6.42 Å². The predicted molar refractivity (Wildman–Crippen MR) is 103 cm³/mol. The van der Waals surface area contributed by atoms with Crippen LogP contribution in [0.5, 0.6) is 0 Å². The SMILES string of the molecule is CC(C)(C)C(=O)NCCNC(N)=NCCc1ccccc1.I. The van der Waals surface area contributed by atoms with Gasteiger partial charge in [-0.25, -0.2) is 0 Å². The summed E-state index contributed by atoms with van der Waals surface area (Å²) in [5, 5.41) is 5.84. The molecule has 6 heteroatoms. The molecule has 22 heavy (non-hydrogen) atoms. The van der Waals surface area contributed by atoms with Crippen molar-refractivity contribution in [3.63, 3.8) is 0 Å². The number of nitrogens with two attached hydrogens (primary N) is 1. The van der Waals surface area contributed by atoms with Crippen LogP contribution in [-0.2, 0) is 11.2 Å². The van der Waals surface area contributed by atoms with Crippen LogP contribution >= 0.6 is 24.0 Å². The molecule has 1 aromatic rings. The fourth-order valence-corrected chi connectivity index (χ4v) is 1.64. The number of hydrogen-bond acceptors (Lipinski definition) is 2. The van der Waals surface area contributed by atoms with E-state index >= 15 is 0 Å². The van der Waals surface area contributed by atoms with Crippen molar-refractivity contribution in [3.8, 4) is 0 Å². The van der Waals surface area contributed by atoms with Crippen molar-refractivity contribution >= 4 is 35.8 Å². The van der Waals surface area contributed by atoms with Gasteiger partial charge >= 0.3 is 0 Å². The third-order valence-electron chi connectivity index (χ3n) is 2.92. The van der Waals surface area contributed by atoms with Gasteiger partial charge in [-0.15, -0.1) is 24.0 Å². The normalized spacial score (nSPS) is 11.5. The molecule has 0 saturated heterocycles. The number of nitrogens with one attached hydrogen (secondary N) is 2. The van der Waals surface area contributed by atoms with Gasteiger partial charge < -0.3 is 16.4 Å². The van der Waals surface area contributed by atoms with Gasteiger partial charge in [0.15, 0.2) is 5.96 Å². The van der Waals surface area contributed by atoms with Crippen LogP contribution in [0.15, 0.2) is 35.3 Å². The molecule has 0 saturated carbocycles. The van der Waals surface area contributed by atoms with E-state index in [1.807, 2.05) is 39.0 Å². The summed E-state index contributed by atoms with van der Waals surface area (Å²) in [6, 6.07) is 10.2. The Kier molecular flexibility index (Phi) is 9.80. The number of benzene rings is 1. The zero-order chi connectivity index (χ0) is 15.7.